The van der Waals surface area contributed by atoms with Crippen molar-refractivity contribution in [1.29, 1.82) is 0 Å². The first-order chi connectivity index (χ1) is 18.9. The van der Waals surface area contributed by atoms with Gasteiger partial charge in [-0.2, -0.15) is 0 Å². The topological polar surface area (TPSA) is 191 Å². The van der Waals surface area contributed by atoms with E-state index in [1.807, 2.05) is 0 Å². The summed E-state index contributed by atoms with van der Waals surface area (Å²) < 4.78 is 0. The lowest BCUT2D eigenvalue weighted by Gasteiger charge is -2.50. The predicted octanol–water partition coefficient (Wildman–Crippen LogP) is 1.17. The van der Waals surface area contributed by atoms with Crippen LogP contribution in [0.3, 0.4) is 0 Å². The number of pyridine rings is 1. The Hall–Kier alpha value is -4.35. The monoisotopic (exact) mass is 547 g/mol. The number of phenols is 1. The van der Waals surface area contributed by atoms with Gasteiger partial charge in [0.1, 0.15) is 22.8 Å². The second-order valence-corrected chi connectivity index (χ2v) is 10.7. The standard InChI is InChI=1S/C29H29N3O8/c1-32(2)23-17-12-15-11-16-13(3-5-18(33)14-7-9-31-10-8-14)4-6-19(34)21(16)24(35)20(15)26(37)29(17,40)27(38)22(25(23)36)28(30)39/h4,6-10,15,17,23,34-35,38,40H,3,5,11-12H2,1-2H3,(H2,30,39)/t15-,17-,23-,29-/m0/s1. The minimum atomic E-state index is -2.69. The molecule has 0 unspecified atom stereocenters. The number of Topliss-reactive ketones (excluding diaryl/α,β-unsaturated/α-hetero) is 3. The molecule has 1 aromatic heterocycles. The number of hydrogen-bond donors (Lipinski definition) is 5. The molecule has 0 spiro atoms. The quantitative estimate of drug-likeness (QED) is 0.259. The summed E-state index contributed by atoms with van der Waals surface area (Å²) in [5, 5.41) is 44.6. The van der Waals surface area contributed by atoms with Crippen molar-refractivity contribution in [2.45, 2.75) is 37.3 Å². The molecule has 6 N–H and O–H groups in total. The second kappa shape index (κ2) is 9.68. The molecule has 2 aromatic rings. The van der Waals surface area contributed by atoms with Crippen molar-refractivity contribution in [3.05, 3.63) is 75.8 Å². The molecule has 0 saturated heterocycles. The second-order valence-electron chi connectivity index (χ2n) is 10.7. The number of ketones is 3. The summed E-state index contributed by atoms with van der Waals surface area (Å²) >= 11 is 0. The SMILES string of the molecule is CN(C)[C@@H]1C(=O)C(C(N)=O)=C(O)[C@@]2(O)C(=O)C3=C(O)c4c(O)ccc(CCC(=O)c5ccncc5)c4C[C@H]3C[C@@H]12. The van der Waals surface area contributed by atoms with Gasteiger partial charge in [-0.25, -0.2) is 0 Å². The number of aryl methyl sites for hydroxylation is 1. The summed E-state index contributed by atoms with van der Waals surface area (Å²) in [5.74, 6) is -7.09. The van der Waals surface area contributed by atoms with E-state index in [1.165, 1.54) is 23.4 Å². The molecule has 1 amide bonds. The number of carbonyl (C=O) groups is 4. The summed E-state index contributed by atoms with van der Waals surface area (Å²) in [5.41, 5.74) is 3.34. The van der Waals surface area contributed by atoms with E-state index >= 15 is 0 Å². The molecule has 11 heteroatoms. The Bertz CT molecular complexity index is 1530. The zero-order valence-electron chi connectivity index (χ0n) is 21.9. The maximum absolute atomic E-state index is 13.9. The van der Waals surface area contributed by atoms with Gasteiger partial charge in [0.05, 0.1) is 11.6 Å². The Kier molecular flexibility index (Phi) is 6.59. The Morgan fingerprint density at radius 2 is 1.77 bits per heavy atom. The van der Waals surface area contributed by atoms with Crippen LogP contribution < -0.4 is 5.73 Å². The predicted molar refractivity (Wildman–Crippen MR) is 141 cm³/mol. The van der Waals surface area contributed by atoms with E-state index in [0.29, 0.717) is 23.1 Å². The molecular weight excluding hydrogens is 518 g/mol. The lowest BCUT2D eigenvalue weighted by molar-refractivity contribution is -0.153. The third-order valence-electron chi connectivity index (χ3n) is 8.32. The summed E-state index contributed by atoms with van der Waals surface area (Å²) in [6.07, 6.45) is 3.66. The average molecular weight is 548 g/mol. The van der Waals surface area contributed by atoms with Gasteiger partial charge in [0, 0.05) is 35.9 Å². The fourth-order valence-electron chi connectivity index (χ4n) is 6.47. The zero-order chi connectivity index (χ0) is 29.1. The lowest BCUT2D eigenvalue weighted by Crippen LogP contribution is -2.65. The van der Waals surface area contributed by atoms with Gasteiger partial charge in [0.2, 0.25) is 5.78 Å². The number of benzene rings is 1. The maximum Gasteiger partial charge on any atom is 0.255 e. The first-order valence-electron chi connectivity index (χ1n) is 12.8. The van der Waals surface area contributed by atoms with E-state index in [-0.39, 0.29) is 41.9 Å². The number of aliphatic hydroxyl groups is 3. The zero-order valence-corrected chi connectivity index (χ0v) is 21.9. The Balaban J connectivity index is 1.59. The molecule has 0 bridgehead atoms. The lowest BCUT2D eigenvalue weighted by atomic mass is 9.57. The number of aliphatic hydroxyl groups excluding tert-OH is 2. The van der Waals surface area contributed by atoms with Crippen LogP contribution in [0.1, 0.15) is 39.9 Å². The molecule has 11 nitrogen and oxygen atoms in total. The highest BCUT2D eigenvalue weighted by Crippen LogP contribution is 2.53. The third-order valence-corrected chi connectivity index (χ3v) is 8.32. The van der Waals surface area contributed by atoms with Gasteiger partial charge in [-0.3, -0.25) is 29.1 Å². The van der Waals surface area contributed by atoms with Gasteiger partial charge in [-0.1, -0.05) is 6.07 Å². The molecule has 1 heterocycles. The van der Waals surface area contributed by atoms with Crippen molar-refractivity contribution in [2.75, 3.05) is 14.1 Å². The van der Waals surface area contributed by atoms with E-state index in [4.69, 9.17) is 5.73 Å². The molecule has 1 aromatic carbocycles. The fraction of sp³-hybridized carbons (Fsp3) is 0.345. The first-order valence-corrected chi connectivity index (χ1v) is 12.8. The summed E-state index contributed by atoms with van der Waals surface area (Å²) in [6.45, 7) is 0. The summed E-state index contributed by atoms with van der Waals surface area (Å²) in [4.78, 5) is 57.2. The number of phenolic OH excluding ortho intramolecular Hbond substituents is 1. The van der Waals surface area contributed by atoms with Crippen LogP contribution in [0.15, 0.2) is 53.6 Å². The number of nitrogens with zero attached hydrogens (tertiary/aromatic N) is 2. The van der Waals surface area contributed by atoms with Crippen molar-refractivity contribution >= 4 is 29.0 Å². The minimum Gasteiger partial charge on any atom is -0.508 e. The highest BCUT2D eigenvalue weighted by molar-refractivity contribution is 6.24. The minimum absolute atomic E-state index is 0.00317. The summed E-state index contributed by atoms with van der Waals surface area (Å²) in [6, 6.07) is 5.10. The van der Waals surface area contributed by atoms with Gasteiger partial charge >= 0.3 is 0 Å². The molecule has 1 fully saturated rings. The number of aromatic hydroxyl groups is 1. The van der Waals surface area contributed by atoms with Crippen molar-refractivity contribution in [1.82, 2.24) is 9.88 Å². The smallest absolute Gasteiger partial charge is 0.255 e. The molecule has 4 atom stereocenters. The van der Waals surface area contributed by atoms with Crippen LogP contribution >= 0.6 is 0 Å². The first kappa shape index (κ1) is 27.2. The number of fused-ring (bicyclic) bond motifs is 3. The molecular formula is C29H29N3O8. The Morgan fingerprint density at radius 3 is 2.40 bits per heavy atom. The van der Waals surface area contributed by atoms with Crippen LogP contribution in [-0.2, 0) is 27.2 Å². The highest BCUT2D eigenvalue weighted by Gasteiger charge is 2.64. The number of carbonyl (C=O) groups excluding carboxylic acids is 4. The van der Waals surface area contributed by atoms with E-state index in [9.17, 15) is 39.6 Å². The molecule has 1 saturated carbocycles. The van der Waals surface area contributed by atoms with E-state index < -0.39 is 58.0 Å². The van der Waals surface area contributed by atoms with Crippen molar-refractivity contribution in [3.63, 3.8) is 0 Å². The molecule has 3 aliphatic carbocycles. The van der Waals surface area contributed by atoms with E-state index in [0.717, 1.165) is 0 Å². The van der Waals surface area contributed by atoms with Crippen LogP contribution in [0, 0.1) is 11.8 Å². The number of nitrogens with two attached hydrogens (primary N) is 1. The number of primary amides is 1. The van der Waals surface area contributed by atoms with Gasteiger partial charge in [0.15, 0.2) is 17.2 Å². The van der Waals surface area contributed by atoms with Crippen LogP contribution in [0.25, 0.3) is 5.76 Å². The van der Waals surface area contributed by atoms with Gasteiger partial charge in [-0.05, 0) is 68.6 Å². The molecule has 5 rings (SSSR count). The number of hydrogen-bond acceptors (Lipinski definition) is 10. The molecule has 3 aliphatic rings. The third kappa shape index (κ3) is 3.92. The molecule has 40 heavy (non-hydrogen) atoms. The Morgan fingerprint density at radius 1 is 1.10 bits per heavy atom. The number of amides is 1. The van der Waals surface area contributed by atoms with Crippen molar-refractivity contribution in [2.24, 2.45) is 17.6 Å². The van der Waals surface area contributed by atoms with E-state index in [1.54, 1.807) is 32.3 Å². The van der Waals surface area contributed by atoms with Gasteiger partial charge in [0.25, 0.3) is 5.91 Å². The molecule has 0 aliphatic heterocycles. The van der Waals surface area contributed by atoms with Gasteiger partial charge in [-0.15, -0.1) is 0 Å². The number of rotatable bonds is 6. The van der Waals surface area contributed by atoms with Crippen LogP contribution in [-0.4, -0.2) is 79.3 Å². The number of aromatic nitrogens is 1. The van der Waals surface area contributed by atoms with Crippen LogP contribution in [0.2, 0.25) is 0 Å². The van der Waals surface area contributed by atoms with Crippen molar-refractivity contribution in [3.8, 4) is 5.75 Å². The summed E-state index contributed by atoms with van der Waals surface area (Å²) in [7, 11) is 3.09. The Labute approximate surface area is 229 Å². The average Bonchev–Trinajstić information content (AvgIpc) is 2.90. The van der Waals surface area contributed by atoms with Crippen molar-refractivity contribution < 1.29 is 39.6 Å². The molecule has 208 valence electrons. The largest absolute Gasteiger partial charge is 0.508 e. The number of likely N-dealkylation sites (N-methyl/N-ethyl adjacent to an activating group) is 1. The van der Waals surface area contributed by atoms with Crippen LogP contribution in [0.5, 0.6) is 5.75 Å². The van der Waals surface area contributed by atoms with Gasteiger partial charge < -0.3 is 26.2 Å². The maximum atomic E-state index is 13.9. The van der Waals surface area contributed by atoms with Crippen LogP contribution in [0.4, 0.5) is 0 Å². The molecule has 0 radical (unpaired) electrons. The highest BCUT2D eigenvalue weighted by atomic mass is 16.3. The van der Waals surface area contributed by atoms with E-state index in [2.05, 4.69) is 4.98 Å². The normalized spacial score (nSPS) is 25.9. The fourth-order valence-corrected chi connectivity index (χ4v) is 6.47.